The second kappa shape index (κ2) is 10.1. The molecule has 1 fully saturated rings. The van der Waals surface area contributed by atoms with Crippen molar-refractivity contribution < 1.29 is 13.9 Å². The van der Waals surface area contributed by atoms with Crippen molar-refractivity contribution in [2.75, 3.05) is 39.4 Å². The predicted octanol–water partition coefficient (Wildman–Crippen LogP) is 2.29. The third kappa shape index (κ3) is 4.85. The number of para-hydroxylation sites is 1. The zero-order valence-electron chi connectivity index (χ0n) is 18.9. The second-order valence-electron chi connectivity index (χ2n) is 8.43. The predicted molar refractivity (Wildman–Crippen MR) is 127 cm³/mol. The summed E-state index contributed by atoms with van der Waals surface area (Å²) in [6.45, 7) is 5.18. The zero-order valence-corrected chi connectivity index (χ0v) is 18.9. The Morgan fingerprint density at radius 1 is 1.09 bits per heavy atom. The summed E-state index contributed by atoms with van der Waals surface area (Å²) in [7, 11) is 0. The van der Waals surface area contributed by atoms with Gasteiger partial charge in [-0.05, 0) is 36.2 Å². The van der Waals surface area contributed by atoms with Gasteiger partial charge in [-0.3, -0.25) is 24.0 Å². The van der Waals surface area contributed by atoms with Gasteiger partial charge in [0.1, 0.15) is 17.6 Å². The molecule has 0 unspecified atom stereocenters. The minimum atomic E-state index is -0.355. The molecule has 9 nitrogen and oxygen atoms in total. The van der Waals surface area contributed by atoms with Gasteiger partial charge < -0.3 is 14.1 Å². The van der Waals surface area contributed by atoms with Gasteiger partial charge in [-0.1, -0.05) is 12.1 Å². The molecule has 34 heavy (non-hydrogen) atoms. The van der Waals surface area contributed by atoms with E-state index in [-0.39, 0.29) is 23.6 Å². The number of benzene rings is 1. The standard InChI is InChI=1S/C25H27N5O4/c31-22(17-30-18-27-23-20-4-1-2-5-21(20)34-24(23)25(30)32)29(16-19-6-8-26-9-7-19)11-3-10-28-12-14-33-15-13-28/h1-2,4-9,18H,3,10-17H2. The van der Waals surface area contributed by atoms with Crippen molar-refractivity contribution in [2.24, 2.45) is 0 Å². The van der Waals surface area contributed by atoms with Crippen LogP contribution in [0.5, 0.6) is 0 Å². The molecule has 9 heteroatoms. The van der Waals surface area contributed by atoms with Crippen LogP contribution in [0, 0.1) is 0 Å². The topological polar surface area (TPSA) is 93.7 Å². The highest BCUT2D eigenvalue weighted by molar-refractivity contribution is 6.01. The summed E-state index contributed by atoms with van der Waals surface area (Å²) >= 11 is 0. The van der Waals surface area contributed by atoms with Gasteiger partial charge in [0.15, 0.2) is 0 Å². The number of hydrogen-bond donors (Lipinski definition) is 0. The van der Waals surface area contributed by atoms with E-state index in [0.29, 0.717) is 24.2 Å². The van der Waals surface area contributed by atoms with Crippen LogP contribution in [0.4, 0.5) is 0 Å². The van der Waals surface area contributed by atoms with Crippen molar-refractivity contribution in [3.05, 3.63) is 71.0 Å². The summed E-state index contributed by atoms with van der Waals surface area (Å²) < 4.78 is 12.5. The Kier molecular flexibility index (Phi) is 6.64. The molecule has 1 aliphatic rings. The van der Waals surface area contributed by atoms with E-state index in [9.17, 15) is 9.59 Å². The summed E-state index contributed by atoms with van der Waals surface area (Å²) in [6.07, 6.45) is 5.71. The number of nitrogens with zero attached hydrogens (tertiary/aromatic N) is 5. The van der Waals surface area contributed by atoms with Crippen molar-refractivity contribution in [1.82, 2.24) is 24.3 Å². The Balaban J connectivity index is 1.33. The normalized spacial score (nSPS) is 14.6. The minimum Gasteiger partial charge on any atom is -0.448 e. The number of morpholine rings is 1. The maximum Gasteiger partial charge on any atom is 0.297 e. The molecular weight excluding hydrogens is 434 g/mol. The molecule has 1 aromatic carbocycles. The first-order chi connectivity index (χ1) is 16.7. The van der Waals surface area contributed by atoms with Crippen LogP contribution >= 0.6 is 0 Å². The van der Waals surface area contributed by atoms with Gasteiger partial charge >= 0.3 is 0 Å². The van der Waals surface area contributed by atoms with Crippen molar-refractivity contribution >= 4 is 28.0 Å². The van der Waals surface area contributed by atoms with Gasteiger partial charge in [0.05, 0.1) is 19.5 Å². The van der Waals surface area contributed by atoms with E-state index in [0.717, 1.165) is 50.2 Å². The van der Waals surface area contributed by atoms with E-state index < -0.39 is 0 Å². The minimum absolute atomic E-state index is 0.0958. The Labute approximate surface area is 196 Å². The number of rotatable bonds is 8. The molecule has 1 saturated heterocycles. The number of carbonyl (C=O) groups is 1. The average Bonchev–Trinajstić information content (AvgIpc) is 3.26. The Morgan fingerprint density at radius 2 is 1.88 bits per heavy atom. The maximum absolute atomic E-state index is 13.3. The lowest BCUT2D eigenvalue weighted by Crippen LogP contribution is -2.40. The molecule has 176 valence electrons. The monoisotopic (exact) mass is 461 g/mol. The smallest absolute Gasteiger partial charge is 0.297 e. The van der Waals surface area contributed by atoms with Gasteiger partial charge in [0.25, 0.3) is 5.56 Å². The van der Waals surface area contributed by atoms with E-state index in [1.54, 1.807) is 23.4 Å². The molecule has 0 saturated carbocycles. The van der Waals surface area contributed by atoms with Crippen LogP contribution in [0.2, 0.25) is 0 Å². The summed E-state index contributed by atoms with van der Waals surface area (Å²) in [6, 6.07) is 11.2. The van der Waals surface area contributed by atoms with Crippen LogP contribution < -0.4 is 5.56 Å². The zero-order chi connectivity index (χ0) is 23.3. The van der Waals surface area contributed by atoms with Crippen LogP contribution in [0.1, 0.15) is 12.0 Å². The molecule has 0 aliphatic carbocycles. The van der Waals surface area contributed by atoms with Crippen LogP contribution in [-0.4, -0.2) is 69.6 Å². The summed E-state index contributed by atoms with van der Waals surface area (Å²) in [5.41, 5.74) is 1.93. The highest BCUT2D eigenvalue weighted by atomic mass is 16.5. The van der Waals surface area contributed by atoms with Crippen molar-refractivity contribution in [1.29, 1.82) is 0 Å². The van der Waals surface area contributed by atoms with Gasteiger partial charge in [0.2, 0.25) is 11.5 Å². The van der Waals surface area contributed by atoms with Crippen LogP contribution in [-0.2, 0) is 22.6 Å². The summed E-state index contributed by atoms with van der Waals surface area (Å²) in [5.74, 6) is -0.141. The van der Waals surface area contributed by atoms with E-state index >= 15 is 0 Å². The van der Waals surface area contributed by atoms with Gasteiger partial charge in [0, 0.05) is 50.5 Å². The number of pyridine rings is 1. The molecule has 0 radical (unpaired) electrons. The van der Waals surface area contributed by atoms with E-state index in [1.807, 2.05) is 30.3 Å². The second-order valence-corrected chi connectivity index (χ2v) is 8.43. The number of carbonyl (C=O) groups excluding carboxylic acids is 1. The molecular formula is C25H27N5O4. The fourth-order valence-corrected chi connectivity index (χ4v) is 4.28. The van der Waals surface area contributed by atoms with Crippen LogP contribution in [0.15, 0.2) is 64.3 Å². The van der Waals surface area contributed by atoms with Crippen molar-refractivity contribution in [3.63, 3.8) is 0 Å². The lowest BCUT2D eigenvalue weighted by molar-refractivity contribution is -0.132. The van der Waals surface area contributed by atoms with Crippen LogP contribution in [0.3, 0.4) is 0 Å². The lowest BCUT2D eigenvalue weighted by Gasteiger charge is -2.28. The summed E-state index contributed by atoms with van der Waals surface area (Å²) in [4.78, 5) is 39.0. The highest BCUT2D eigenvalue weighted by Crippen LogP contribution is 2.24. The molecule has 4 aromatic rings. The highest BCUT2D eigenvalue weighted by Gasteiger charge is 2.19. The third-order valence-electron chi connectivity index (χ3n) is 6.14. The van der Waals surface area contributed by atoms with Gasteiger partial charge in [-0.15, -0.1) is 0 Å². The van der Waals surface area contributed by atoms with Gasteiger partial charge in [-0.2, -0.15) is 0 Å². The first kappa shape index (κ1) is 22.2. The summed E-state index contributed by atoms with van der Waals surface area (Å²) in [5, 5.41) is 0.788. The number of ether oxygens (including phenoxy) is 1. The van der Waals surface area contributed by atoms with E-state index in [4.69, 9.17) is 9.15 Å². The van der Waals surface area contributed by atoms with Crippen LogP contribution in [0.25, 0.3) is 22.1 Å². The fourth-order valence-electron chi connectivity index (χ4n) is 4.28. The number of fused-ring (bicyclic) bond motifs is 3. The SMILES string of the molecule is O=C(Cn1cnc2c(oc3ccccc32)c1=O)N(CCCN1CCOCC1)Cc1ccncc1. The van der Waals surface area contributed by atoms with E-state index in [2.05, 4.69) is 14.9 Å². The largest absolute Gasteiger partial charge is 0.448 e. The number of amides is 1. The first-order valence-electron chi connectivity index (χ1n) is 11.5. The number of hydrogen-bond acceptors (Lipinski definition) is 7. The molecule has 1 aliphatic heterocycles. The maximum atomic E-state index is 13.3. The number of aromatic nitrogens is 3. The average molecular weight is 462 g/mol. The lowest BCUT2D eigenvalue weighted by atomic mass is 10.2. The van der Waals surface area contributed by atoms with Crippen molar-refractivity contribution in [3.8, 4) is 0 Å². The van der Waals surface area contributed by atoms with Gasteiger partial charge in [-0.25, -0.2) is 4.98 Å². The Morgan fingerprint density at radius 3 is 2.71 bits per heavy atom. The quantitative estimate of drug-likeness (QED) is 0.397. The molecule has 1 amide bonds. The first-order valence-corrected chi connectivity index (χ1v) is 11.5. The molecule has 3 aromatic heterocycles. The molecule has 0 bridgehead atoms. The molecule has 5 rings (SSSR count). The number of furan rings is 1. The molecule has 0 spiro atoms. The fraction of sp³-hybridized carbons (Fsp3) is 0.360. The molecule has 0 atom stereocenters. The Hall–Kier alpha value is -3.56. The van der Waals surface area contributed by atoms with E-state index in [1.165, 1.54) is 10.9 Å². The molecule has 4 heterocycles. The Bertz CT molecular complexity index is 1330. The molecule has 0 N–H and O–H groups in total. The van der Waals surface area contributed by atoms with Crippen molar-refractivity contribution in [2.45, 2.75) is 19.5 Å². The third-order valence-corrected chi connectivity index (χ3v) is 6.14.